The summed E-state index contributed by atoms with van der Waals surface area (Å²) in [5.74, 6) is -3.90. The summed E-state index contributed by atoms with van der Waals surface area (Å²) < 4.78 is 64.0. The predicted molar refractivity (Wildman–Crippen MR) is 135 cm³/mol. The topological polar surface area (TPSA) is 12.5 Å². The maximum Gasteiger partial charge on any atom is 0.167 e. The molecule has 3 unspecified atom stereocenters. The summed E-state index contributed by atoms with van der Waals surface area (Å²) in [5.41, 5.74) is 3.50. The standard InChI is InChI=1S/C31H28F4O/c1-2-3-19-4-9-21(10-5-19)24-16-17-25(30(34)29(24)33)22-11-6-20(7-12-22)8-13-23-14-15-26(27-18-36-27)31(35)28(23)32/h2-7,9-12,16-17,23,26-27H,8,13-15,18H2,1H3/b3-2+. The lowest BCUT2D eigenvalue weighted by molar-refractivity contribution is 0.242. The number of allylic oxidation sites excluding steroid dienone is 2. The Morgan fingerprint density at radius 3 is 1.92 bits per heavy atom. The third kappa shape index (κ3) is 5.03. The Labute approximate surface area is 209 Å². The van der Waals surface area contributed by atoms with Crippen LogP contribution in [0.3, 0.4) is 0 Å². The third-order valence-electron chi connectivity index (χ3n) is 7.26. The van der Waals surface area contributed by atoms with E-state index in [-0.39, 0.29) is 17.2 Å². The molecule has 3 atom stereocenters. The number of ether oxygens (including phenoxy) is 1. The van der Waals surface area contributed by atoms with Crippen molar-refractivity contribution in [1.29, 1.82) is 0 Å². The second-order valence-electron chi connectivity index (χ2n) is 9.59. The minimum atomic E-state index is -0.892. The molecule has 0 N–H and O–H groups in total. The summed E-state index contributed by atoms with van der Waals surface area (Å²) in [6, 6.07) is 17.6. The van der Waals surface area contributed by atoms with Gasteiger partial charge in [0.2, 0.25) is 0 Å². The van der Waals surface area contributed by atoms with Gasteiger partial charge in [-0.15, -0.1) is 0 Å². The highest BCUT2D eigenvalue weighted by molar-refractivity contribution is 5.72. The maximum atomic E-state index is 15.0. The molecule has 36 heavy (non-hydrogen) atoms. The van der Waals surface area contributed by atoms with Crippen LogP contribution in [0.25, 0.3) is 28.3 Å². The molecular weight excluding hydrogens is 464 g/mol. The van der Waals surface area contributed by atoms with Crippen molar-refractivity contribution >= 4 is 6.08 Å². The zero-order valence-electron chi connectivity index (χ0n) is 20.1. The molecule has 186 valence electrons. The molecule has 1 heterocycles. The van der Waals surface area contributed by atoms with Crippen molar-refractivity contribution in [2.45, 2.75) is 38.7 Å². The number of rotatable bonds is 7. The van der Waals surface area contributed by atoms with Crippen molar-refractivity contribution in [2.75, 3.05) is 6.61 Å². The van der Waals surface area contributed by atoms with Crippen LogP contribution in [0.5, 0.6) is 0 Å². The quantitative estimate of drug-likeness (QED) is 0.237. The molecule has 0 aromatic heterocycles. The lowest BCUT2D eigenvalue weighted by Crippen LogP contribution is -2.20. The van der Waals surface area contributed by atoms with Crippen LogP contribution in [0.1, 0.15) is 37.3 Å². The number of benzene rings is 3. The van der Waals surface area contributed by atoms with Crippen molar-refractivity contribution in [3.05, 3.63) is 101 Å². The van der Waals surface area contributed by atoms with Crippen molar-refractivity contribution in [2.24, 2.45) is 11.8 Å². The second kappa shape index (κ2) is 10.4. The Morgan fingerprint density at radius 1 is 0.778 bits per heavy atom. The zero-order valence-corrected chi connectivity index (χ0v) is 20.1. The van der Waals surface area contributed by atoms with Gasteiger partial charge in [-0.2, -0.15) is 0 Å². The van der Waals surface area contributed by atoms with E-state index in [1.165, 1.54) is 0 Å². The van der Waals surface area contributed by atoms with Gasteiger partial charge in [-0.3, -0.25) is 0 Å². The molecule has 3 aromatic carbocycles. The minimum absolute atomic E-state index is 0.160. The van der Waals surface area contributed by atoms with Gasteiger partial charge < -0.3 is 4.74 Å². The lowest BCUT2D eigenvalue weighted by Gasteiger charge is -2.25. The number of hydrogen-bond acceptors (Lipinski definition) is 1. The maximum absolute atomic E-state index is 15.0. The number of aryl methyl sites for hydroxylation is 1. The van der Waals surface area contributed by atoms with E-state index in [0.717, 1.165) is 11.1 Å². The van der Waals surface area contributed by atoms with E-state index in [2.05, 4.69) is 0 Å². The summed E-state index contributed by atoms with van der Waals surface area (Å²) in [5, 5.41) is 0. The molecule has 5 rings (SSSR count). The van der Waals surface area contributed by atoms with E-state index in [1.54, 1.807) is 36.4 Å². The van der Waals surface area contributed by atoms with Crippen LogP contribution in [-0.4, -0.2) is 12.7 Å². The molecular formula is C31H28F4O. The van der Waals surface area contributed by atoms with Gasteiger partial charge in [-0.05, 0) is 54.9 Å². The van der Waals surface area contributed by atoms with Crippen molar-refractivity contribution < 1.29 is 22.3 Å². The molecule has 3 aromatic rings. The van der Waals surface area contributed by atoms with E-state index in [1.807, 2.05) is 43.3 Å². The predicted octanol–water partition coefficient (Wildman–Crippen LogP) is 8.84. The van der Waals surface area contributed by atoms with Crippen LogP contribution in [0.2, 0.25) is 0 Å². The average molecular weight is 493 g/mol. The molecule has 1 nitrogen and oxygen atoms in total. The summed E-state index contributed by atoms with van der Waals surface area (Å²) in [7, 11) is 0. The van der Waals surface area contributed by atoms with Crippen molar-refractivity contribution in [1.82, 2.24) is 0 Å². The van der Waals surface area contributed by atoms with Gasteiger partial charge in [0.05, 0.1) is 12.7 Å². The normalized spacial score (nSPS) is 21.9. The number of halogens is 4. The first-order chi connectivity index (χ1) is 17.5. The van der Waals surface area contributed by atoms with Gasteiger partial charge in [0.1, 0.15) is 11.7 Å². The first-order valence-corrected chi connectivity index (χ1v) is 12.4. The molecule has 0 radical (unpaired) electrons. The lowest BCUT2D eigenvalue weighted by atomic mass is 9.82. The number of epoxide rings is 1. The molecule has 0 spiro atoms. The Bertz CT molecular complexity index is 1290. The van der Waals surface area contributed by atoms with Crippen LogP contribution < -0.4 is 0 Å². The van der Waals surface area contributed by atoms with Crippen LogP contribution in [0.4, 0.5) is 17.6 Å². The minimum Gasteiger partial charge on any atom is -0.372 e. The number of hydrogen-bond donors (Lipinski definition) is 0. The Kier molecular flexibility index (Phi) is 7.10. The summed E-state index contributed by atoms with van der Waals surface area (Å²) in [6.45, 7) is 2.43. The smallest absolute Gasteiger partial charge is 0.167 e. The van der Waals surface area contributed by atoms with Gasteiger partial charge in [0.15, 0.2) is 11.6 Å². The highest BCUT2D eigenvalue weighted by Crippen LogP contribution is 2.43. The molecule has 0 bridgehead atoms. The zero-order chi connectivity index (χ0) is 25.2. The fourth-order valence-electron chi connectivity index (χ4n) is 5.07. The monoisotopic (exact) mass is 492 g/mol. The largest absolute Gasteiger partial charge is 0.372 e. The second-order valence-corrected chi connectivity index (χ2v) is 9.59. The van der Waals surface area contributed by atoms with Gasteiger partial charge in [0.25, 0.3) is 0 Å². The highest BCUT2D eigenvalue weighted by atomic mass is 19.2. The first kappa shape index (κ1) is 24.5. The van der Waals surface area contributed by atoms with E-state index in [4.69, 9.17) is 4.74 Å². The molecule has 2 aliphatic rings. The van der Waals surface area contributed by atoms with Crippen molar-refractivity contribution in [3.63, 3.8) is 0 Å². The fraction of sp³-hybridized carbons (Fsp3) is 0.290. The summed E-state index contributed by atoms with van der Waals surface area (Å²) >= 11 is 0. The summed E-state index contributed by atoms with van der Waals surface area (Å²) in [4.78, 5) is 0. The van der Waals surface area contributed by atoms with E-state index < -0.39 is 35.1 Å². The van der Waals surface area contributed by atoms with Gasteiger partial charge in [0, 0.05) is 23.0 Å². The Hall–Kier alpha value is -3.18. The third-order valence-corrected chi connectivity index (χ3v) is 7.26. The van der Waals surface area contributed by atoms with Crippen molar-refractivity contribution in [3.8, 4) is 22.3 Å². The van der Waals surface area contributed by atoms with Crippen LogP contribution in [-0.2, 0) is 11.2 Å². The first-order valence-electron chi connectivity index (χ1n) is 12.4. The molecule has 1 saturated heterocycles. The summed E-state index contributed by atoms with van der Waals surface area (Å²) in [6.07, 6.45) is 5.99. The van der Waals surface area contributed by atoms with Gasteiger partial charge in [-0.1, -0.05) is 72.8 Å². The fourth-order valence-corrected chi connectivity index (χ4v) is 5.07. The van der Waals surface area contributed by atoms with Crippen LogP contribution >= 0.6 is 0 Å². The molecule has 0 saturated carbocycles. The molecule has 0 amide bonds. The molecule has 5 heteroatoms. The van der Waals surface area contributed by atoms with E-state index in [0.29, 0.717) is 43.4 Å². The average Bonchev–Trinajstić information content (AvgIpc) is 3.73. The SMILES string of the molecule is C/C=C/c1ccc(-c2ccc(-c3ccc(CCC4CCC(C5CO5)C(F)=C4F)cc3)c(F)c2F)cc1. The Morgan fingerprint density at radius 2 is 1.36 bits per heavy atom. The Balaban J connectivity index is 1.27. The van der Waals surface area contributed by atoms with Gasteiger partial charge in [-0.25, -0.2) is 17.6 Å². The van der Waals surface area contributed by atoms with E-state index in [9.17, 15) is 13.2 Å². The molecule has 1 fully saturated rings. The van der Waals surface area contributed by atoms with Crippen LogP contribution in [0, 0.1) is 23.5 Å². The van der Waals surface area contributed by atoms with E-state index >= 15 is 4.39 Å². The molecule has 1 aliphatic carbocycles. The van der Waals surface area contributed by atoms with Crippen LogP contribution in [0.15, 0.2) is 78.4 Å². The highest BCUT2D eigenvalue weighted by Gasteiger charge is 2.41. The van der Waals surface area contributed by atoms with Gasteiger partial charge >= 0.3 is 0 Å². The molecule has 1 aliphatic heterocycles.